The van der Waals surface area contributed by atoms with Gasteiger partial charge in [0.25, 0.3) is 0 Å². The van der Waals surface area contributed by atoms with Crippen molar-refractivity contribution in [3.8, 4) is 0 Å². The second kappa shape index (κ2) is 5.32. The summed E-state index contributed by atoms with van der Waals surface area (Å²) in [5.41, 5.74) is 1.23. The van der Waals surface area contributed by atoms with E-state index < -0.39 is 11.6 Å². The van der Waals surface area contributed by atoms with Crippen LogP contribution in [0.2, 0.25) is 0 Å². The first kappa shape index (κ1) is 13.4. The summed E-state index contributed by atoms with van der Waals surface area (Å²) in [4.78, 5) is 5.49. The van der Waals surface area contributed by atoms with Crippen LogP contribution in [0.15, 0.2) is 16.6 Å². The second-order valence-corrected chi connectivity index (χ2v) is 5.99. The van der Waals surface area contributed by atoms with E-state index >= 15 is 0 Å². The molecule has 0 saturated heterocycles. The summed E-state index contributed by atoms with van der Waals surface area (Å²) in [5, 5.41) is 3.80. The lowest BCUT2D eigenvalue weighted by atomic mass is 10.3. The minimum absolute atomic E-state index is 0.252. The van der Waals surface area contributed by atoms with Crippen LogP contribution in [-0.2, 0) is 6.54 Å². The summed E-state index contributed by atoms with van der Waals surface area (Å²) in [6, 6.07) is 2.08. The number of anilines is 1. The molecule has 2 rings (SSSR count). The van der Waals surface area contributed by atoms with E-state index in [9.17, 15) is 8.78 Å². The van der Waals surface area contributed by atoms with Crippen molar-refractivity contribution in [2.45, 2.75) is 20.4 Å². The first-order chi connectivity index (χ1) is 8.47. The Kier molecular flexibility index (Phi) is 3.97. The highest BCUT2D eigenvalue weighted by molar-refractivity contribution is 9.10. The third-order valence-corrected chi connectivity index (χ3v) is 4.19. The van der Waals surface area contributed by atoms with Crippen molar-refractivity contribution in [3.05, 3.63) is 43.8 Å². The number of benzene rings is 1. The van der Waals surface area contributed by atoms with Crippen LogP contribution in [-0.4, -0.2) is 4.98 Å². The van der Waals surface area contributed by atoms with Crippen LogP contribution >= 0.6 is 27.3 Å². The fourth-order valence-electron chi connectivity index (χ4n) is 1.49. The lowest BCUT2D eigenvalue weighted by Gasteiger charge is -2.08. The first-order valence-electron chi connectivity index (χ1n) is 5.28. The molecule has 0 unspecified atom stereocenters. The average Bonchev–Trinajstić information content (AvgIpc) is 2.56. The Hall–Kier alpha value is -1.01. The zero-order chi connectivity index (χ0) is 13.3. The molecule has 18 heavy (non-hydrogen) atoms. The smallest absolute Gasteiger partial charge is 0.150 e. The van der Waals surface area contributed by atoms with Gasteiger partial charge in [-0.15, -0.1) is 11.3 Å². The summed E-state index contributed by atoms with van der Waals surface area (Å²) >= 11 is 4.69. The number of halogens is 3. The molecule has 0 atom stereocenters. The van der Waals surface area contributed by atoms with E-state index in [2.05, 4.69) is 26.2 Å². The van der Waals surface area contributed by atoms with Gasteiger partial charge in [0.05, 0.1) is 17.9 Å². The molecule has 1 N–H and O–H groups in total. The van der Waals surface area contributed by atoms with Gasteiger partial charge in [-0.05, 0) is 35.8 Å². The summed E-state index contributed by atoms with van der Waals surface area (Å²) in [6.07, 6.45) is 0. The van der Waals surface area contributed by atoms with E-state index in [0.717, 1.165) is 21.6 Å². The zero-order valence-corrected chi connectivity index (χ0v) is 12.3. The van der Waals surface area contributed by atoms with Crippen molar-refractivity contribution < 1.29 is 8.78 Å². The van der Waals surface area contributed by atoms with E-state index in [4.69, 9.17) is 0 Å². The molecule has 0 radical (unpaired) electrons. The predicted molar refractivity (Wildman–Crippen MR) is 73.0 cm³/mol. The third-order valence-electron chi connectivity index (χ3n) is 2.50. The number of nitrogens with zero attached hydrogens (tertiary/aromatic N) is 1. The van der Waals surface area contributed by atoms with Crippen molar-refractivity contribution in [1.29, 1.82) is 0 Å². The van der Waals surface area contributed by atoms with Crippen LogP contribution in [0.1, 0.15) is 15.6 Å². The molecule has 1 heterocycles. The third kappa shape index (κ3) is 2.87. The minimum Gasteiger partial charge on any atom is -0.375 e. The number of nitrogens with one attached hydrogen (secondary N) is 1. The number of aryl methyl sites for hydroxylation is 2. The second-order valence-electron chi connectivity index (χ2n) is 3.85. The van der Waals surface area contributed by atoms with E-state index in [-0.39, 0.29) is 5.69 Å². The molecule has 0 aliphatic heterocycles. The molecule has 2 nitrogen and oxygen atoms in total. The fourth-order valence-corrected chi connectivity index (χ4v) is 2.91. The van der Waals surface area contributed by atoms with Gasteiger partial charge in [0, 0.05) is 15.4 Å². The number of aromatic nitrogens is 1. The maximum Gasteiger partial charge on any atom is 0.150 e. The van der Waals surface area contributed by atoms with Crippen molar-refractivity contribution in [2.75, 3.05) is 5.32 Å². The van der Waals surface area contributed by atoms with E-state index in [0.29, 0.717) is 11.0 Å². The monoisotopic (exact) mass is 332 g/mol. The molecule has 0 aliphatic rings. The Bertz CT molecular complexity index is 541. The number of hydrogen-bond acceptors (Lipinski definition) is 3. The van der Waals surface area contributed by atoms with Crippen molar-refractivity contribution in [2.24, 2.45) is 0 Å². The minimum atomic E-state index is -0.619. The van der Waals surface area contributed by atoms with E-state index in [1.54, 1.807) is 11.3 Å². The molecule has 6 heteroatoms. The maximum absolute atomic E-state index is 13.5. The van der Waals surface area contributed by atoms with Gasteiger partial charge in [0.15, 0.2) is 0 Å². The molecule has 2 aromatic rings. The highest BCUT2D eigenvalue weighted by Gasteiger charge is 2.10. The Balaban J connectivity index is 2.15. The number of thiazole rings is 1. The van der Waals surface area contributed by atoms with Crippen molar-refractivity contribution in [3.63, 3.8) is 0 Å². The van der Waals surface area contributed by atoms with Gasteiger partial charge in [-0.1, -0.05) is 0 Å². The Morgan fingerprint density at radius 3 is 2.61 bits per heavy atom. The van der Waals surface area contributed by atoms with E-state index in [1.807, 2.05) is 13.8 Å². The SMILES string of the molecule is Cc1nc(CNc2c(F)cc(F)cc2Br)sc1C. The van der Waals surface area contributed by atoms with Crippen molar-refractivity contribution in [1.82, 2.24) is 4.98 Å². The molecule has 0 aliphatic carbocycles. The summed E-state index contributed by atoms with van der Waals surface area (Å²) in [7, 11) is 0. The van der Waals surface area contributed by atoms with Crippen molar-refractivity contribution >= 4 is 33.0 Å². The Labute approximate surface area is 116 Å². The molecule has 96 valence electrons. The fraction of sp³-hybridized carbons (Fsp3) is 0.250. The maximum atomic E-state index is 13.5. The van der Waals surface area contributed by atoms with Crippen LogP contribution < -0.4 is 5.32 Å². The molecule has 0 fully saturated rings. The summed E-state index contributed by atoms with van der Waals surface area (Å²) < 4.78 is 26.8. The Morgan fingerprint density at radius 2 is 2.06 bits per heavy atom. The van der Waals surface area contributed by atoms with E-state index in [1.165, 1.54) is 6.07 Å². The highest BCUT2D eigenvalue weighted by atomic mass is 79.9. The highest BCUT2D eigenvalue weighted by Crippen LogP contribution is 2.28. The van der Waals surface area contributed by atoms with Gasteiger partial charge in [0.2, 0.25) is 0 Å². The molecule has 0 saturated carbocycles. The lowest BCUT2D eigenvalue weighted by molar-refractivity contribution is 0.583. The molecular weight excluding hydrogens is 322 g/mol. The molecule has 1 aromatic carbocycles. The van der Waals surface area contributed by atoms with Crippen LogP contribution in [0.5, 0.6) is 0 Å². The van der Waals surface area contributed by atoms with Crippen LogP contribution in [0.4, 0.5) is 14.5 Å². The molecule has 0 bridgehead atoms. The summed E-state index contributed by atoms with van der Waals surface area (Å²) in [6.45, 7) is 4.34. The van der Waals surface area contributed by atoms with Crippen LogP contribution in [0.3, 0.4) is 0 Å². The van der Waals surface area contributed by atoms with Gasteiger partial charge >= 0.3 is 0 Å². The molecule has 0 spiro atoms. The quantitative estimate of drug-likeness (QED) is 0.900. The lowest BCUT2D eigenvalue weighted by Crippen LogP contribution is -2.02. The first-order valence-corrected chi connectivity index (χ1v) is 6.89. The number of hydrogen-bond donors (Lipinski definition) is 1. The van der Waals surface area contributed by atoms with Gasteiger partial charge < -0.3 is 5.32 Å². The summed E-state index contributed by atoms with van der Waals surface area (Å²) in [5.74, 6) is -1.22. The standard InChI is InChI=1S/C12H11BrF2N2S/c1-6-7(2)18-11(17-6)5-16-12-9(13)3-8(14)4-10(12)15/h3-4,16H,5H2,1-2H3. The Morgan fingerprint density at radius 1 is 1.33 bits per heavy atom. The van der Waals surface area contributed by atoms with Crippen LogP contribution in [0.25, 0.3) is 0 Å². The number of rotatable bonds is 3. The molecular formula is C12H11BrF2N2S. The van der Waals surface area contributed by atoms with Gasteiger partial charge in [-0.25, -0.2) is 13.8 Å². The van der Waals surface area contributed by atoms with Crippen LogP contribution in [0, 0.1) is 25.5 Å². The van der Waals surface area contributed by atoms with Gasteiger partial charge in [0.1, 0.15) is 16.6 Å². The predicted octanol–water partition coefficient (Wildman–Crippen LogP) is 4.41. The average molecular weight is 333 g/mol. The van der Waals surface area contributed by atoms with Gasteiger partial charge in [-0.2, -0.15) is 0 Å². The normalized spacial score (nSPS) is 10.7. The molecule has 1 aromatic heterocycles. The topological polar surface area (TPSA) is 24.9 Å². The molecule has 0 amide bonds. The largest absolute Gasteiger partial charge is 0.375 e. The zero-order valence-electron chi connectivity index (χ0n) is 9.85. The van der Waals surface area contributed by atoms with Gasteiger partial charge in [-0.3, -0.25) is 0 Å².